The third-order valence-corrected chi connectivity index (χ3v) is 3.22. The Morgan fingerprint density at radius 3 is 2.94 bits per heavy atom. The van der Waals surface area contributed by atoms with Crippen molar-refractivity contribution in [2.75, 3.05) is 12.9 Å². The number of hydrogen-bond acceptors (Lipinski definition) is 7. The maximum absolute atomic E-state index is 11.5. The number of hydrogen-bond donors (Lipinski definition) is 0. The van der Waals surface area contributed by atoms with Gasteiger partial charge in [0.25, 0.3) is 5.22 Å². The predicted molar refractivity (Wildman–Crippen MR) is 68.1 cm³/mol. The van der Waals surface area contributed by atoms with Gasteiger partial charge in [0.05, 0.1) is 12.4 Å². The van der Waals surface area contributed by atoms with Gasteiger partial charge < -0.3 is 9.15 Å². The molecule has 0 aliphatic carbocycles. The number of thioether (sulfide) groups is 2. The van der Waals surface area contributed by atoms with Crippen molar-refractivity contribution in [3.8, 4) is 0 Å². The molecule has 1 rings (SSSR count). The van der Waals surface area contributed by atoms with Crippen molar-refractivity contribution >= 4 is 29.5 Å². The zero-order valence-electron chi connectivity index (χ0n) is 10.1. The Balaban J connectivity index is 2.43. The monoisotopic (exact) mass is 276 g/mol. The highest BCUT2D eigenvalue weighted by atomic mass is 32.2. The molecule has 0 aromatic carbocycles. The Morgan fingerprint density at radius 1 is 1.53 bits per heavy atom. The molecule has 96 valence electrons. The normalized spacial score (nSPS) is 12.4. The van der Waals surface area contributed by atoms with Gasteiger partial charge in [0.2, 0.25) is 5.89 Å². The molecule has 0 unspecified atom stereocenters. The molecule has 1 atom stereocenters. The minimum absolute atomic E-state index is 0.249. The number of rotatable bonds is 7. The minimum atomic E-state index is -0.330. The molecule has 0 bridgehead atoms. The summed E-state index contributed by atoms with van der Waals surface area (Å²) in [6, 6.07) is 0. The minimum Gasteiger partial charge on any atom is -0.465 e. The van der Waals surface area contributed by atoms with Crippen LogP contribution in [0.5, 0.6) is 0 Å². The van der Waals surface area contributed by atoms with E-state index in [0.717, 1.165) is 6.42 Å². The molecule has 0 radical (unpaired) electrons. The Bertz CT molecular complexity index is 357. The second kappa shape index (κ2) is 7.60. The molecule has 1 aromatic heterocycles. The van der Waals surface area contributed by atoms with Crippen LogP contribution in [0, 0.1) is 0 Å². The SMILES string of the molecule is CCCOC(=O)[C@@H](C)Sc1nnc(CSC)o1. The van der Waals surface area contributed by atoms with Gasteiger partial charge in [-0.15, -0.1) is 10.2 Å². The van der Waals surface area contributed by atoms with E-state index < -0.39 is 0 Å². The zero-order chi connectivity index (χ0) is 12.7. The number of ether oxygens (including phenoxy) is 1. The van der Waals surface area contributed by atoms with Gasteiger partial charge in [0, 0.05) is 0 Å². The van der Waals surface area contributed by atoms with Crippen molar-refractivity contribution in [2.24, 2.45) is 0 Å². The van der Waals surface area contributed by atoms with Crippen LogP contribution >= 0.6 is 23.5 Å². The summed E-state index contributed by atoms with van der Waals surface area (Å²) < 4.78 is 10.4. The van der Waals surface area contributed by atoms with E-state index in [2.05, 4.69) is 10.2 Å². The molecular formula is C10H16N2O3S2. The molecular weight excluding hydrogens is 260 g/mol. The molecule has 0 saturated heterocycles. The number of esters is 1. The lowest BCUT2D eigenvalue weighted by Crippen LogP contribution is -2.17. The van der Waals surface area contributed by atoms with E-state index >= 15 is 0 Å². The maximum Gasteiger partial charge on any atom is 0.319 e. The fraction of sp³-hybridized carbons (Fsp3) is 0.700. The molecule has 0 saturated carbocycles. The number of carbonyl (C=O) groups is 1. The molecule has 0 aliphatic heterocycles. The maximum atomic E-state index is 11.5. The summed E-state index contributed by atoms with van der Waals surface area (Å²) in [5.41, 5.74) is 0. The van der Waals surface area contributed by atoms with Crippen LogP contribution in [-0.2, 0) is 15.3 Å². The Labute approximate surface area is 109 Å². The van der Waals surface area contributed by atoms with Crippen LogP contribution in [0.15, 0.2) is 9.64 Å². The number of carbonyl (C=O) groups excluding carboxylic acids is 1. The summed E-state index contributed by atoms with van der Waals surface area (Å²) in [5.74, 6) is 1.01. The summed E-state index contributed by atoms with van der Waals surface area (Å²) in [6.07, 6.45) is 2.78. The molecule has 1 aromatic rings. The first-order valence-electron chi connectivity index (χ1n) is 5.32. The van der Waals surface area contributed by atoms with Gasteiger partial charge in [-0.05, 0) is 19.6 Å². The van der Waals surface area contributed by atoms with E-state index in [-0.39, 0.29) is 11.2 Å². The highest BCUT2D eigenvalue weighted by Crippen LogP contribution is 2.23. The summed E-state index contributed by atoms with van der Waals surface area (Å²) >= 11 is 2.83. The third-order valence-electron chi connectivity index (χ3n) is 1.77. The average Bonchev–Trinajstić information content (AvgIpc) is 2.74. The average molecular weight is 276 g/mol. The molecule has 17 heavy (non-hydrogen) atoms. The van der Waals surface area contributed by atoms with Crippen molar-refractivity contribution in [3.63, 3.8) is 0 Å². The molecule has 1 heterocycles. The lowest BCUT2D eigenvalue weighted by Gasteiger charge is -2.07. The van der Waals surface area contributed by atoms with Crippen LogP contribution in [0.4, 0.5) is 0 Å². The third kappa shape index (κ3) is 4.99. The summed E-state index contributed by atoms with van der Waals surface area (Å²) in [7, 11) is 0. The van der Waals surface area contributed by atoms with Crippen LogP contribution in [0.2, 0.25) is 0 Å². The first-order chi connectivity index (χ1) is 8.17. The summed E-state index contributed by atoms with van der Waals surface area (Å²) in [5, 5.41) is 7.82. The van der Waals surface area contributed by atoms with Gasteiger partial charge in [-0.1, -0.05) is 18.7 Å². The lowest BCUT2D eigenvalue weighted by molar-refractivity contribution is -0.142. The van der Waals surface area contributed by atoms with Crippen molar-refractivity contribution in [1.82, 2.24) is 10.2 Å². The summed E-state index contributed by atoms with van der Waals surface area (Å²) in [4.78, 5) is 11.5. The Morgan fingerprint density at radius 2 is 2.29 bits per heavy atom. The molecule has 0 fully saturated rings. The summed E-state index contributed by atoms with van der Waals surface area (Å²) in [6.45, 7) is 4.17. The first-order valence-corrected chi connectivity index (χ1v) is 7.59. The van der Waals surface area contributed by atoms with E-state index in [0.29, 0.717) is 23.5 Å². The zero-order valence-corrected chi connectivity index (χ0v) is 11.8. The number of nitrogens with zero attached hydrogens (tertiary/aromatic N) is 2. The number of aromatic nitrogens is 2. The van der Waals surface area contributed by atoms with Crippen molar-refractivity contribution in [1.29, 1.82) is 0 Å². The van der Waals surface area contributed by atoms with Crippen molar-refractivity contribution in [3.05, 3.63) is 5.89 Å². The molecule has 7 heteroatoms. The standard InChI is InChI=1S/C10H16N2O3S2/c1-4-5-14-9(13)7(2)17-10-12-11-8(15-10)6-16-3/h7H,4-6H2,1-3H3/t7-/m1/s1. The van der Waals surface area contributed by atoms with Crippen LogP contribution in [0.1, 0.15) is 26.2 Å². The van der Waals surface area contributed by atoms with Crippen LogP contribution in [-0.4, -0.2) is 34.3 Å². The van der Waals surface area contributed by atoms with Gasteiger partial charge in [-0.3, -0.25) is 4.79 Å². The van der Waals surface area contributed by atoms with E-state index in [9.17, 15) is 4.79 Å². The van der Waals surface area contributed by atoms with E-state index in [4.69, 9.17) is 9.15 Å². The predicted octanol–water partition coefficient (Wildman–Crippen LogP) is 2.37. The largest absolute Gasteiger partial charge is 0.465 e. The molecule has 5 nitrogen and oxygen atoms in total. The van der Waals surface area contributed by atoms with Gasteiger partial charge in [0.15, 0.2) is 0 Å². The van der Waals surface area contributed by atoms with Gasteiger partial charge >= 0.3 is 5.97 Å². The second-order valence-electron chi connectivity index (χ2n) is 3.32. The van der Waals surface area contributed by atoms with E-state index in [1.165, 1.54) is 11.8 Å². The highest BCUT2D eigenvalue weighted by Gasteiger charge is 2.19. The molecule has 0 aliphatic rings. The first kappa shape index (κ1) is 14.4. The second-order valence-corrected chi connectivity index (χ2v) is 5.48. The Hall–Kier alpha value is -0.690. The molecule has 0 spiro atoms. The quantitative estimate of drug-likeness (QED) is 0.559. The fourth-order valence-corrected chi connectivity index (χ4v) is 2.05. The van der Waals surface area contributed by atoms with Crippen molar-refractivity contribution in [2.45, 2.75) is 36.5 Å². The molecule has 0 amide bonds. The van der Waals surface area contributed by atoms with E-state index in [1.807, 2.05) is 13.2 Å². The smallest absolute Gasteiger partial charge is 0.319 e. The molecule has 0 N–H and O–H groups in total. The van der Waals surface area contributed by atoms with Crippen molar-refractivity contribution < 1.29 is 13.9 Å². The fourth-order valence-electron chi connectivity index (χ4n) is 0.987. The van der Waals surface area contributed by atoms with E-state index in [1.54, 1.807) is 18.7 Å². The highest BCUT2D eigenvalue weighted by molar-refractivity contribution is 8.00. The Kier molecular flexibility index (Phi) is 6.43. The van der Waals surface area contributed by atoms with Crippen LogP contribution in [0.25, 0.3) is 0 Å². The van der Waals surface area contributed by atoms with Gasteiger partial charge in [0.1, 0.15) is 5.25 Å². The topological polar surface area (TPSA) is 65.2 Å². The van der Waals surface area contributed by atoms with Crippen LogP contribution in [0.3, 0.4) is 0 Å². The lowest BCUT2D eigenvalue weighted by atomic mass is 10.5. The van der Waals surface area contributed by atoms with Gasteiger partial charge in [-0.25, -0.2) is 0 Å². The van der Waals surface area contributed by atoms with Crippen LogP contribution < -0.4 is 0 Å². The van der Waals surface area contributed by atoms with Gasteiger partial charge in [-0.2, -0.15) is 11.8 Å².